The van der Waals surface area contributed by atoms with E-state index in [-0.39, 0.29) is 16.3 Å². The van der Waals surface area contributed by atoms with Gasteiger partial charge in [-0.15, -0.1) is 0 Å². The van der Waals surface area contributed by atoms with Crippen LogP contribution in [0.3, 0.4) is 0 Å². The number of nitrogens with zero attached hydrogens (tertiary/aromatic N) is 1. The van der Waals surface area contributed by atoms with Crippen LogP contribution in [-0.4, -0.2) is 53.9 Å². The molecular formula is C16H23N3O4S2. The van der Waals surface area contributed by atoms with Crippen molar-refractivity contribution < 1.29 is 16.8 Å². The van der Waals surface area contributed by atoms with Crippen LogP contribution >= 0.6 is 0 Å². The smallest absolute Gasteiger partial charge is 0.243 e. The number of hydrogen-bond acceptors (Lipinski definition) is 5. The topological polar surface area (TPSA) is 95.6 Å². The van der Waals surface area contributed by atoms with Crippen molar-refractivity contribution in [1.29, 1.82) is 0 Å². The lowest BCUT2D eigenvalue weighted by Crippen LogP contribution is -2.30. The monoisotopic (exact) mass is 385 g/mol. The first-order chi connectivity index (χ1) is 11.9. The zero-order chi connectivity index (χ0) is 17.9. The zero-order valence-corrected chi connectivity index (χ0v) is 15.6. The molecule has 3 rings (SSSR count). The molecule has 2 aliphatic rings. The van der Waals surface area contributed by atoms with Crippen LogP contribution in [-0.2, 0) is 20.0 Å². The first-order valence-corrected chi connectivity index (χ1v) is 11.3. The molecule has 9 heteroatoms. The maximum Gasteiger partial charge on any atom is 0.243 e. The fourth-order valence-electron chi connectivity index (χ4n) is 2.98. The van der Waals surface area contributed by atoms with Gasteiger partial charge < -0.3 is 5.32 Å². The summed E-state index contributed by atoms with van der Waals surface area (Å²) in [6.45, 7) is 2.78. The summed E-state index contributed by atoms with van der Waals surface area (Å²) >= 11 is 0. The van der Waals surface area contributed by atoms with Crippen molar-refractivity contribution in [3.63, 3.8) is 0 Å². The molecule has 0 aliphatic carbocycles. The normalized spacial score (nSPS) is 19.8. The molecule has 138 valence electrons. The van der Waals surface area contributed by atoms with E-state index in [2.05, 4.69) is 10.0 Å². The fraction of sp³-hybridized carbons (Fsp3) is 0.500. The lowest BCUT2D eigenvalue weighted by Gasteiger charge is -2.17. The number of hydrogen-bond donors (Lipinski definition) is 2. The van der Waals surface area contributed by atoms with Crippen molar-refractivity contribution in [2.45, 2.75) is 29.1 Å². The van der Waals surface area contributed by atoms with Gasteiger partial charge in [-0.2, -0.15) is 4.31 Å². The van der Waals surface area contributed by atoms with Crippen LogP contribution in [0.5, 0.6) is 0 Å². The summed E-state index contributed by atoms with van der Waals surface area (Å²) in [6.07, 6.45) is 4.44. The Morgan fingerprint density at radius 2 is 1.80 bits per heavy atom. The molecule has 0 radical (unpaired) electrons. The van der Waals surface area contributed by atoms with Gasteiger partial charge in [0.2, 0.25) is 20.0 Å². The minimum atomic E-state index is -3.76. The highest BCUT2D eigenvalue weighted by Gasteiger charge is 2.28. The molecule has 0 bridgehead atoms. The predicted octanol–water partition coefficient (Wildman–Crippen LogP) is 0.669. The second-order valence-corrected chi connectivity index (χ2v) is 9.93. The molecule has 2 N–H and O–H groups in total. The van der Waals surface area contributed by atoms with Gasteiger partial charge in [-0.05, 0) is 44.0 Å². The highest BCUT2D eigenvalue weighted by atomic mass is 32.2. The van der Waals surface area contributed by atoms with Gasteiger partial charge in [-0.1, -0.05) is 17.7 Å². The molecule has 7 nitrogen and oxygen atoms in total. The summed E-state index contributed by atoms with van der Waals surface area (Å²) in [5, 5.41) is 3.17. The molecule has 0 spiro atoms. The first-order valence-electron chi connectivity index (χ1n) is 8.38. The Hall–Kier alpha value is -1.26. The van der Waals surface area contributed by atoms with Crippen LogP contribution in [0.25, 0.3) is 0 Å². The highest BCUT2D eigenvalue weighted by molar-refractivity contribution is 7.90. The number of benzene rings is 1. The standard InChI is InChI=1S/C16H23N3O4S2/c20-24(21,18-13-14-6-8-17-9-7-14)15-4-3-5-16(12-15)25(22,23)19-10-1-2-11-19/h3-6,12,17-18H,1-2,7-11,13H2. The summed E-state index contributed by atoms with van der Waals surface area (Å²) in [7, 11) is -7.40. The Labute approximate surface area is 149 Å². The summed E-state index contributed by atoms with van der Waals surface area (Å²) in [5.41, 5.74) is 1.03. The predicted molar refractivity (Wildman–Crippen MR) is 95.2 cm³/mol. The van der Waals surface area contributed by atoms with Gasteiger partial charge in [0.05, 0.1) is 9.79 Å². The Morgan fingerprint density at radius 3 is 2.48 bits per heavy atom. The van der Waals surface area contributed by atoms with Crippen molar-refractivity contribution in [2.24, 2.45) is 0 Å². The average Bonchev–Trinajstić information content (AvgIpc) is 3.17. The summed E-state index contributed by atoms with van der Waals surface area (Å²) in [6, 6.07) is 5.58. The molecule has 1 fully saturated rings. The maximum absolute atomic E-state index is 12.6. The van der Waals surface area contributed by atoms with Gasteiger partial charge in [0.1, 0.15) is 0 Å². The molecule has 2 heterocycles. The largest absolute Gasteiger partial charge is 0.313 e. The quantitative estimate of drug-likeness (QED) is 0.702. The molecular weight excluding hydrogens is 362 g/mol. The van der Waals surface area contributed by atoms with Crippen LogP contribution in [0.1, 0.15) is 19.3 Å². The minimum absolute atomic E-state index is 0.0256. The Morgan fingerprint density at radius 1 is 1.08 bits per heavy atom. The number of nitrogens with one attached hydrogen (secondary N) is 2. The maximum atomic E-state index is 12.6. The molecule has 1 aromatic rings. The molecule has 0 aromatic heterocycles. The molecule has 1 aromatic carbocycles. The molecule has 0 amide bonds. The van der Waals surface area contributed by atoms with Crippen molar-refractivity contribution in [1.82, 2.24) is 14.3 Å². The van der Waals surface area contributed by atoms with E-state index >= 15 is 0 Å². The second-order valence-electron chi connectivity index (χ2n) is 6.23. The van der Waals surface area contributed by atoms with Crippen LogP contribution in [0, 0.1) is 0 Å². The van der Waals surface area contributed by atoms with Crippen LogP contribution in [0.2, 0.25) is 0 Å². The highest BCUT2D eigenvalue weighted by Crippen LogP contribution is 2.23. The van der Waals surface area contributed by atoms with Crippen molar-refractivity contribution in [3.8, 4) is 0 Å². The van der Waals surface area contributed by atoms with E-state index in [0.717, 1.165) is 37.9 Å². The van der Waals surface area contributed by atoms with Gasteiger partial charge in [-0.25, -0.2) is 21.6 Å². The van der Waals surface area contributed by atoms with E-state index in [1.807, 2.05) is 6.08 Å². The van der Waals surface area contributed by atoms with E-state index in [1.165, 1.54) is 28.6 Å². The van der Waals surface area contributed by atoms with E-state index in [0.29, 0.717) is 13.1 Å². The lowest BCUT2D eigenvalue weighted by molar-refractivity contribution is 0.477. The number of sulfonamides is 2. The Kier molecular flexibility index (Phi) is 5.59. The third-order valence-corrected chi connectivity index (χ3v) is 7.76. The van der Waals surface area contributed by atoms with Crippen LogP contribution in [0.15, 0.2) is 45.7 Å². The minimum Gasteiger partial charge on any atom is -0.313 e. The van der Waals surface area contributed by atoms with E-state index in [9.17, 15) is 16.8 Å². The van der Waals surface area contributed by atoms with Gasteiger partial charge in [0.15, 0.2) is 0 Å². The molecule has 0 atom stereocenters. The van der Waals surface area contributed by atoms with Crippen LogP contribution < -0.4 is 10.0 Å². The van der Waals surface area contributed by atoms with Crippen molar-refractivity contribution in [2.75, 3.05) is 32.7 Å². The molecule has 0 saturated carbocycles. The summed E-state index contributed by atoms with van der Waals surface area (Å²) < 4.78 is 54.2. The van der Waals surface area contributed by atoms with E-state index in [4.69, 9.17) is 0 Å². The second kappa shape index (κ2) is 7.55. The summed E-state index contributed by atoms with van der Waals surface area (Å²) in [4.78, 5) is 0.000614. The summed E-state index contributed by atoms with van der Waals surface area (Å²) in [5.74, 6) is 0. The Bertz CT molecular complexity index is 857. The third kappa shape index (κ3) is 4.29. The Balaban J connectivity index is 1.79. The van der Waals surface area contributed by atoms with Gasteiger partial charge >= 0.3 is 0 Å². The van der Waals surface area contributed by atoms with Gasteiger partial charge in [-0.3, -0.25) is 0 Å². The van der Waals surface area contributed by atoms with Crippen LogP contribution in [0.4, 0.5) is 0 Å². The average molecular weight is 386 g/mol. The van der Waals surface area contributed by atoms with Crippen molar-refractivity contribution in [3.05, 3.63) is 35.9 Å². The van der Waals surface area contributed by atoms with E-state index < -0.39 is 20.0 Å². The van der Waals surface area contributed by atoms with Crippen molar-refractivity contribution >= 4 is 20.0 Å². The SMILES string of the molecule is O=S(=O)(NCC1=CCNCC1)c1cccc(S(=O)(=O)N2CCCC2)c1. The molecule has 0 unspecified atom stereocenters. The third-order valence-electron chi connectivity index (χ3n) is 4.47. The number of rotatable bonds is 6. The van der Waals surface area contributed by atoms with E-state index in [1.54, 1.807) is 0 Å². The zero-order valence-electron chi connectivity index (χ0n) is 13.9. The molecule has 2 aliphatic heterocycles. The molecule has 25 heavy (non-hydrogen) atoms. The lowest BCUT2D eigenvalue weighted by atomic mass is 10.1. The fourth-order valence-corrected chi connectivity index (χ4v) is 5.70. The first kappa shape index (κ1) is 18.5. The van der Waals surface area contributed by atoms with Gasteiger partial charge in [0, 0.05) is 26.2 Å². The van der Waals surface area contributed by atoms with Gasteiger partial charge in [0.25, 0.3) is 0 Å². The molecule has 1 saturated heterocycles.